The van der Waals surface area contributed by atoms with E-state index in [0.29, 0.717) is 6.04 Å². The van der Waals surface area contributed by atoms with E-state index >= 15 is 0 Å². The second kappa shape index (κ2) is 3.33. The Hall–Kier alpha value is 0.270. The van der Waals surface area contributed by atoms with Gasteiger partial charge in [-0.05, 0) is 30.4 Å². The van der Waals surface area contributed by atoms with E-state index < -0.39 is 0 Å². The number of hydrogen-bond donors (Lipinski definition) is 1. The van der Waals surface area contributed by atoms with E-state index in [1.807, 2.05) is 0 Å². The van der Waals surface area contributed by atoms with E-state index in [0.717, 1.165) is 12.5 Å². The first-order chi connectivity index (χ1) is 5.34. The summed E-state index contributed by atoms with van der Waals surface area (Å²) in [5.41, 5.74) is 5.81. The summed E-state index contributed by atoms with van der Waals surface area (Å²) in [5, 5.41) is 0. The molecule has 0 aliphatic carbocycles. The molecule has 0 bridgehead atoms. The zero-order valence-corrected chi connectivity index (χ0v) is 7.65. The number of hydrogen-bond acceptors (Lipinski definition) is 3. The smallest absolute Gasteiger partial charge is 0.0180 e. The summed E-state index contributed by atoms with van der Waals surface area (Å²) in [6.45, 7) is 3.68. The van der Waals surface area contributed by atoms with Crippen molar-refractivity contribution >= 4 is 11.8 Å². The fourth-order valence-corrected chi connectivity index (χ4v) is 2.56. The molecular weight excluding hydrogens is 156 g/mol. The highest BCUT2D eigenvalue weighted by molar-refractivity contribution is 8.00. The van der Waals surface area contributed by atoms with Crippen molar-refractivity contribution in [1.29, 1.82) is 0 Å². The molecule has 11 heavy (non-hydrogen) atoms. The molecule has 2 N–H and O–H groups in total. The Morgan fingerprint density at radius 1 is 1.45 bits per heavy atom. The van der Waals surface area contributed by atoms with E-state index in [1.54, 1.807) is 0 Å². The van der Waals surface area contributed by atoms with Crippen LogP contribution in [0.1, 0.15) is 6.42 Å². The summed E-state index contributed by atoms with van der Waals surface area (Å²) in [4.78, 5) is 2.52. The van der Waals surface area contributed by atoms with Gasteiger partial charge in [0, 0.05) is 19.1 Å². The Morgan fingerprint density at radius 3 is 2.73 bits per heavy atom. The van der Waals surface area contributed by atoms with Gasteiger partial charge in [0.15, 0.2) is 0 Å². The quantitative estimate of drug-likeness (QED) is 0.653. The van der Waals surface area contributed by atoms with Crippen molar-refractivity contribution in [2.45, 2.75) is 12.5 Å². The highest BCUT2D eigenvalue weighted by atomic mass is 32.2. The SMILES string of the molecule is NC1CCN(CC2CSC2)C1. The van der Waals surface area contributed by atoms with Crippen LogP contribution < -0.4 is 5.73 Å². The van der Waals surface area contributed by atoms with Crippen LogP contribution in [-0.4, -0.2) is 42.1 Å². The van der Waals surface area contributed by atoms with Crippen LogP contribution >= 0.6 is 11.8 Å². The fourth-order valence-electron chi connectivity index (χ4n) is 1.78. The molecule has 64 valence electrons. The molecule has 1 atom stereocenters. The largest absolute Gasteiger partial charge is 0.326 e. The van der Waals surface area contributed by atoms with Gasteiger partial charge in [0.1, 0.15) is 0 Å². The van der Waals surface area contributed by atoms with Crippen LogP contribution in [0.25, 0.3) is 0 Å². The third kappa shape index (κ3) is 1.89. The van der Waals surface area contributed by atoms with Gasteiger partial charge in [0.2, 0.25) is 0 Å². The number of thioether (sulfide) groups is 1. The third-order valence-electron chi connectivity index (χ3n) is 2.53. The number of rotatable bonds is 2. The van der Waals surface area contributed by atoms with E-state index in [2.05, 4.69) is 16.7 Å². The molecule has 0 saturated carbocycles. The van der Waals surface area contributed by atoms with Crippen molar-refractivity contribution < 1.29 is 0 Å². The maximum Gasteiger partial charge on any atom is 0.0180 e. The zero-order valence-electron chi connectivity index (χ0n) is 6.83. The molecule has 2 aliphatic rings. The summed E-state index contributed by atoms with van der Waals surface area (Å²) in [7, 11) is 0. The van der Waals surface area contributed by atoms with E-state index in [9.17, 15) is 0 Å². The Kier molecular flexibility index (Phi) is 2.39. The minimum absolute atomic E-state index is 0.461. The molecule has 2 heterocycles. The maximum atomic E-state index is 5.81. The van der Waals surface area contributed by atoms with Crippen molar-refractivity contribution in [3.8, 4) is 0 Å². The maximum absolute atomic E-state index is 5.81. The topological polar surface area (TPSA) is 29.3 Å². The molecule has 0 spiro atoms. The van der Waals surface area contributed by atoms with Crippen LogP contribution in [0.3, 0.4) is 0 Å². The van der Waals surface area contributed by atoms with Crippen molar-refractivity contribution in [2.24, 2.45) is 11.7 Å². The van der Waals surface area contributed by atoms with Crippen LogP contribution in [-0.2, 0) is 0 Å². The van der Waals surface area contributed by atoms with Crippen LogP contribution in [0.15, 0.2) is 0 Å². The van der Waals surface area contributed by atoms with Crippen LogP contribution in [0.2, 0.25) is 0 Å². The predicted octanol–water partition coefficient (Wildman–Crippen LogP) is 0.382. The first kappa shape index (κ1) is 7.90. The van der Waals surface area contributed by atoms with E-state index in [-0.39, 0.29) is 0 Å². The van der Waals surface area contributed by atoms with Crippen molar-refractivity contribution in [1.82, 2.24) is 4.90 Å². The van der Waals surface area contributed by atoms with Crippen molar-refractivity contribution in [3.63, 3.8) is 0 Å². The first-order valence-corrected chi connectivity index (χ1v) is 5.56. The van der Waals surface area contributed by atoms with Crippen molar-refractivity contribution in [3.05, 3.63) is 0 Å². The minimum Gasteiger partial charge on any atom is -0.326 e. The number of nitrogens with two attached hydrogens (primary N) is 1. The molecule has 1 unspecified atom stereocenters. The highest BCUT2D eigenvalue weighted by Gasteiger charge is 2.25. The lowest BCUT2D eigenvalue weighted by Gasteiger charge is -2.29. The molecule has 0 aromatic heterocycles. The number of nitrogens with zero attached hydrogens (tertiary/aromatic N) is 1. The average Bonchev–Trinajstić information content (AvgIpc) is 2.27. The van der Waals surface area contributed by atoms with Gasteiger partial charge in [-0.2, -0.15) is 11.8 Å². The number of likely N-dealkylation sites (tertiary alicyclic amines) is 1. The van der Waals surface area contributed by atoms with Gasteiger partial charge >= 0.3 is 0 Å². The second-order valence-electron chi connectivity index (χ2n) is 3.71. The summed E-state index contributed by atoms with van der Waals surface area (Å²) in [6.07, 6.45) is 1.21. The molecular formula is C8H16N2S. The van der Waals surface area contributed by atoms with Crippen molar-refractivity contribution in [2.75, 3.05) is 31.1 Å². The lowest BCUT2D eigenvalue weighted by Crippen LogP contribution is -2.35. The minimum atomic E-state index is 0.461. The lowest BCUT2D eigenvalue weighted by molar-refractivity contribution is 0.294. The monoisotopic (exact) mass is 172 g/mol. The molecule has 0 aromatic carbocycles. The predicted molar refractivity (Wildman–Crippen MR) is 49.8 cm³/mol. The summed E-state index contributed by atoms with van der Waals surface area (Å²) >= 11 is 2.07. The molecule has 2 aliphatic heterocycles. The second-order valence-corrected chi connectivity index (χ2v) is 4.79. The summed E-state index contributed by atoms with van der Waals surface area (Å²) < 4.78 is 0. The standard InChI is InChI=1S/C8H16N2S/c9-8-1-2-10(4-8)3-7-5-11-6-7/h7-8H,1-6,9H2. The van der Waals surface area contributed by atoms with Gasteiger partial charge in [-0.1, -0.05) is 0 Å². The Morgan fingerprint density at radius 2 is 2.27 bits per heavy atom. The normalized spacial score (nSPS) is 34.1. The van der Waals surface area contributed by atoms with E-state index in [4.69, 9.17) is 5.73 Å². The van der Waals surface area contributed by atoms with Gasteiger partial charge in [-0.15, -0.1) is 0 Å². The summed E-state index contributed by atoms with van der Waals surface area (Å²) in [6, 6.07) is 0.461. The van der Waals surface area contributed by atoms with Gasteiger partial charge < -0.3 is 10.6 Å². The Balaban J connectivity index is 1.70. The van der Waals surface area contributed by atoms with Crippen LogP contribution in [0.5, 0.6) is 0 Å². The molecule has 0 aromatic rings. The zero-order chi connectivity index (χ0) is 7.68. The fraction of sp³-hybridized carbons (Fsp3) is 1.00. The average molecular weight is 172 g/mol. The van der Waals surface area contributed by atoms with Gasteiger partial charge in [0.25, 0.3) is 0 Å². The van der Waals surface area contributed by atoms with Crippen LogP contribution in [0, 0.1) is 5.92 Å². The third-order valence-corrected chi connectivity index (χ3v) is 3.95. The van der Waals surface area contributed by atoms with Gasteiger partial charge in [-0.25, -0.2) is 0 Å². The highest BCUT2D eigenvalue weighted by Crippen LogP contribution is 2.26. The molecule has 2 fully saturated rings. The lowest BCUT2D eigenvalue weighted by atomic mass is 10.2. The summed E-state index contributed by atoms with van der Waals surface area (Å²) in [5.74, 6) is 3.74. The van der Waals surface area contributed by atoms with Crippen LogP contribution in [0.4, 0.5) is 0 Å². The molecule has 3 heteroatoms. The first-order valence-electron chi connectivity index (χ1n) is 4.40. The molecule has 0 amide bonds. The molecule has 0 radical (unpaired) electrons. The molecule has 2 nitrogen and oxygen atoms in total. The van der Waals surface area contributed by atoms with Gasteiger partial charge in [0.05, 0.1) is 0 Å². The molecule has 2 rings (SSSR count). The molecule has 2 saturated heterocycles. The Bertz CT molecular complexity index is 136. The van der Waals surface area contributed by atoms with Gasteiger partial charge in [-0.3, -0.25) is 0 Å². The van der Waals surface area contributed by atoms with E-state index in [1.165, 1.54) is 31.0 Å². The Labute approximate surface area is 72.5 Å².